The highest BCUT2D eigenvalue weighted by Gasteiger charge is 2.20. The number of hydrogen-bond acceptors (Lipinski definition) is 4. The van der Waals surface area contributed by atoms with Crippen LogP contribution >= 0.6 is 20.7 Å². The number of aromatic nitrogens is 2. The Labute approximate surface area is 133 Å². The molecular weight excluding hydrogens is 320 g/mol. The molecule has 0 amide bonds. The number of nitrogens with one attached hydrogen (secondary N) is 1. The van der Waals surface area contributed by atoms with Crippen molar-refractivity contribution in [3.63, 3.8) is 0 Å². The quantitative estimate of drug-likeness (QED) is 0.747. The van der Waals surface area contributed by atoms with Gasteiger partial charge in [0.1, 0.15) is 5.82 Å². The summed E-state index contributed by atoms with van der Waals surface area (Å²) in [6.45, 7) is 3.77. The molecule has 3 rings (SSSR count). The van der Waals surface area contributed by atoms with E-state index in [1.165, 1.54) is 23.5 Å². The molecule has 0 bridgehead atoms. The van der Waals surface area contributed by atoms with Crippen molar-refractivity contribution in [3.05, 3.63) is 57.2 Å². The van der Waals surface area contributed by atoms with Crippen molar-refractivity contribution in [3.8, 4) is 11.1 Å². The molecule has 0 spiro atoms. The SMILES string of the molecule is Cc1csc2nc([C@H](C)NP)c(-c3cccc(F)c3)c(=O)n12. The molecule has 7 heteroatoms. The maximum atomic E-state index is 13.6. The van der Waals surface area contributed by atoms with Gasteiger partial charge < -0.3 is 0 Å². The highest BCUT2D eigenvalue weighted by atomic mass is 32.1. The predicted octanol–water partition coefficient (Wildman–Crippen LogP) is 3.31. The molecule has 2 aromatic heterocycles. The van der Waals surface area contributed by atoms with E-state index in [1.807, 2.05) is 19.2 Å². The molecule has 2 heterocycles. The smallest absolute Gasteiger partial charge is 0.266 e. The number of nitrogens with zero attached hydrogens (tertiary/aromatic N) is 2. The molecule has 0 aliphatic rings. The van der Waals surface area contributed by atoms with Crippen LogP contribution in [0.5, 0.6) is 0 Å². The van der Waals surface area contributed by atoms with E-state index < -0.39 is 0 Å². The van der Waals surface area contributed by atoms with E-state index in [4.69, 9.17) is 0 Å². The van der Waals surface area contributed by atoms with Crippen LogP contribution in [-0.2, 0) is 0 Å². The van der Waals surface area contributed by atoms with Gasteiger partial charge in [-0.05, 0) is 31.5 Å². The maximum absolute atomic E-state index is 13.6. The van der Waals surface area contributed by atoms with Crippen molar-refractivity contribution in [2.45, 2.75) is 19.9 Å². The molecule has 1 aromatic carbocycles. The number of aryl methyl sites for hydroxylation is 1. The van der Waals surface area contributed by atoms with Crippen molar-refractivity contribution in [1.29, 1.82) is 0 Å². The van der Waals surface area contributed by atoms with Crippen molar-refractivity contribution in [1.82, 2.24) is 14.5 Å². The van der Waals surface area contributed by atoms with Crippen LogP contribution in [0.2, 0.25) is 0 Å². The van der Waals surface area contributed by atoms with Crippen LogP contribution < -0.4 is 10.6 Å². The zero-order chi connectivity index (χ0) is 15.9. The summed E-state index contributed by atoms with van der Waals surface area (Å²) in [7, 11) is 2.43. The van der Waals surface area contributed by atoms with Gasteiger partial charge in [0.25, 0.3) is 5.56 Å². The van der Waals surface area contributed by atoms with Gasteiger partial charge >= 0.3 is 0 Å². The lowest BCUT2D eigenvalue weighted by Crippen LogP contribution is -2.22. The summed E-state index contributed by atoms with van der Waals surface area (Å²) in [6.07, 6.45) is 0. The van der Waals surface area contributed by atoms with E-state index in [1.54, 1.807) is 16.5 Å². The molecule has 0 radical (unpaired) electrons. The molecule has 1 N–H and O–H groups in total. The van der Waals surface area contributed by atoms with Crippen LogP contribution in [0.4, 0.5) is 4.39 Å². The number of thiazole rings is 1. The van der Waals surface area contributed by atoms with E-state index in [-0.39, 0.29) is 17.4 Å². The molecule has 1 unspecified atom stereocenters. The van der Waals surface area contributed by atoms with Gasteiger partial charge in [-0.15, -0.1) is 11.3 Å². The van der Waals surface area contributed by atoms with Crippen LogP contribution in [0.25, 0.3) is 16.1 Å². The van der Waals surface area contributed by atoms with E-state index >= 15 is 0 Å². The van der Waals surface area contributed by atoms with E-state index in [0.29, 0.717) is 21.8 Å². The number of fused-ring (bicyclic) bond motifs is 1. The molecule has 114 valence electrons. The van der Waals surface area contributed by atoms with Gasteiger partial charge in [-0.2, -0.15) is 0 Å². The summed E-state index contributed by atoms with van der Waals surface area (Å²) in [5.41, 5.74) is 2.25. The summed E-state index contributed by atoms with van der Waals surface area (Å²) in [6, 6.07) is 5.91. The Bertz CT molecular complexity index is 905. The van der Waals surface area contributed by atoms with Crippen molar-refractivity contribution in [2.24, 2.45) is 0 Å². The summed E-state index contributed by atoms with van der Waals surface area (Å²) in [5, 5.41) is 4.91. The first-order valence-corrected chi connectivity index (χ1v) is 8.21. The van der Waals surface area contributed by atoms with Crippen molar-refractivity contribution >= 4 is 25.7 Å². The van der Waals surface area contributed by atoms with Crippen LogP contribution in [0.1, 0.15) is 24.4 Å². The third-order valence-corrected chi connectivity index (χ3v) is 4.99. The number of rotatable bonds is 3. The monoisotopic (exact) mass is 335 g/mol. The third kappa shape index (κ3) is 2.47. The molecule has 0 saturated heterocycles. The second-order valence-electron chi connectivity index (χ2n) is 5.07. The Balaban J connectivity index is 2.41. The molecule has 0 saturated carbocycles. The second kappa shape index (κ2) is 5.88. The highest BCUT2D eigenvalue weighted by molar-refractivity contribution is 7.15. The van der Waals surface area contributed by atoms with Crippen LogP contribution in [0.3, 0.4) is 0 Å². The Hall–Kier alpha value is -1.62. The molecule has 2 atom stereocenters. The third-order valence-electron chi connectivity index (χ3n) is 3.54. The maximum Gasteiger partial charge on any atom is 0.266 e. The standard InChI is InChI=1S/C15H15FN3OPS/c1-8-7-22-15-17-13(9(2)18-21)12(14(20)19(8)15)10-4-3-5-11(16)6-10/h3-7,9,18H,21H2,1-2H3/t9-/m0/s1. The van der Waals surface area contributed by atoms with Crippen LogP contribution in [0.15, 0.2) is 34.4 Å². The van der Waals surface area contributed by atoms with Gasteiger partial charge in [-0.25, -0.2) is 9.37 Å². The van der Waals surface area contributed by atoms with Gasteiger partial charge in [-0.3, -0.25) is 14.3 Å². The molecule has 22 heavy (non-hydrogen) atoms. The molecule has 0 aliphatic heterocycles. The predicted molar refractivity (Wildman–Crippen MR) is 90.7 cm³/mol. The minimum absolute atomic E-state index is 0.150. The first-order chi connectivity index (χ1) is 10.5. The lowest BCUT2D eigenvalue weighted by molar-refractivity contribution is 0.628. The lowest BCUT2D eigenvalue weighted by Gasteiger charge is -2.15. The largest absolute Gasteiger partial charge is 0.292 e. The lowest BCUT2D eigenvalue weighted by atomic mass is 10.0. The molecule has 4 nitrogen and oxygen atoms in total. The van der Waals surface area contributed by atoms with Gasteiger partial charge in [-0.1, -0.05) is 21.5 Å². The summed E-state index contributed by atoms with van der Waals surface area (Å²) in [5.74, 6) is -0.374. The first-order valence-electron chi connectivity index (χ1n) is 6.75. The van der Waals surface area contributed by atoms with E-state index in [9.17, 15) is 9.18 Å². The molecule has 0 fully saturated rings. The van der Waals surface area contributed by atoms with E-state index in [0.717, 1.165) is 5.69 Å². The van der Waals surface area contributed by atoms with Gasteiger partial charge in [0.2, 0.25) is 0 Å². The first kappa shape index (κ1) is 15.3. The zero-order valence-corrected chi connectivity index (χ0v) is 14.1. The number of halogens is 1. The van der Waals surface area contributed by atoms with Crippen molar-refractivity contribution < 1.29 is 4.39 Å². The Morgan fingerprint density at radius 1 is 1.45 bits per heavy atom. The van der Waals surface area contributed by atoms with Crippen LogP contribution in [0, 0.1) is 12.7 Å². The summed E-state index contributed by atoms with van der Waals surface area (Å²) in [4.78, 5) is 18.2. The molecule has 3 aromatic rings. The Morgan fingerprint density at radius 2 is 2.23 bits per heavy atom. The van der Waals surface area contributed by atoms with Gasteiger partial charge in [0.05, 0.1) is 17.3 Å². The van der Waals surface area contributed by atoms with Gasteiger partial charge in [0, 0.05) is 11.1 Å². The second-order valence-corrected chi connectivity index (χ2v) is 6.24. The fraction of sp³-hybridized carbons (Fsp3) is 0.200. The minimum Gasteiger partial charge on any atom is -0.292 e. The normalized spacial score (nSPS) is 12.7. The molecule has 0 aliphatic carbocycles. The summed E-state index contributed by atoms with van der Waals surface area (Å²) < 4.78 is 15.2. The zero-order valence-electron chi connectivity index (χ0n) is 12.1. The van der Waals surface area contributed by atoms with E-state index in [2.05, 4.69) is 19.5 Å². The average Bonchev–Trinajstić information content (AvgIpc) is 2.87. The van der Waals surface area contributed by atoms with Crippen LogP contribution in [-0.4, -0.2) is 9.38 Å². The van der Waals surface area contributed by atoms with Gasteiger partial charge in [0.15, 0.2) is 4.96 Å². The highest BCUT2D eigenvalue weighted by Crippen LogP contribution is 2.27. The average molecular weight is 335 g/mol. The topological polar surface area (TPSA) is 46.4 Å². The fourth-order valence-corrected chi connectivity index (χ4v) is 3.43. The number of hydrogen-bond donors (Lipinski definition) is 1. The number of benzene rings is 1. The van der Waals surface area contributed by atoms with Crippen molar-refractivity contribution in [2.75, 3.05) is 0 Å². The fourth-order valence-electron chi connectivity index (χ4n) is 2.41. The Morgan fingerprint density at radius 3 is 2.91 bits per heavy atom. The summed E-state index contributed by atoms with van der Waals surface area (Å²) >= 11 is 1.42. The molecular formula is C15H15FN3OPS. The Kier molecular flexibility index (Phi) is 4.08. The minimum atomic E-state index is -0.374.